The molecule has 94 valence electrons. The summed E-state index contributed by atoms with van der Waals surface area (Å²) < 4.78 is 5.00. The van der Waals surface area contributed by atoms with E-state index in [2.05, 4.69) is 4.90 Å². The number of rotatable bonds is 7. The first-order valence-corrected chi connectivity index (χ1v) is 5.76. The Balaban J connectivity index is 2.47. The van der Waals surface area contributed by atoms with Crippen LogP contribution in [0.4, 0.5) is 0 Å². The molecule has 0 aromatic heterocycles. The molecule has 0 spiro atoms. The summed E-state index contributed by atoms with van der Waals surface area (Å²) in [6.45, 7) is 2.52. The highest BCUT2D eigenvalue weighted by atomic mass is 16.5. The number of benzene rings is 1. The monoisotopic (exact) mass is 237 g/mol. The zero-order valence-corrected chi connectivity index (χ0v) is 10.5. The fraction of sp³-hybridized carbons (Fsp3) is 0.500. The molecule has 0 heterocycles. The van der Waals surface area contributed by atoms with Gasteiger partial charge < -0.3 is 19.7 Å². The van der Waals surface area contributed by atoms with E-state index in [-0.39, 0.29) is 0 Å². The summed E-state index contributed by atoms with van der Waals surface area (Å²) in [4.78, 5) is 2.18. The molecule has 0 fully saturated rings. The van der Waals surface area contributed by atoms with Crippen LogP contribution in [0.5, 0.6) is 0 Å². The van der Waals surface area contributed by atoms with Gasteiger partial charge in [-0.15, -0.1) is 0 Å². The van der Waals surface area contributed by atoms with Crippen LogP contribution < -0.4 is 5.46 Å². The summed E-state index contributed by atoms with van der Waals surface area (Å²) in [6, 6.07) is 7.35. The van der Waals surface area contributed by atoms with Crippen molar-refractivity contribution in [1.29, 1.82) is 0 Å². The lowest BCUT2D eigenvalue weighted by Gasteiger charge is -2.16. The van der Waals surface area contributed by atoms with Crippen LogP contribution in [0.1, 0.15) is 12.0 Å². The second-order valence-corrected chi connectivity index (χ2v) is 4.20. The Kier molecular flexibility index (Phi) is 6.22. The SMILES string of the molecule is COCCCN(C)Cc1cccc(B(O)O)c1. The van der Waals surface area contributed by atoms with Gasteiger partial charge in [-0.3, -0.25) is 0 Å². The quantitative estimate of drug-likeness (QED) is 0.511. The molecule has 0 atom stereocenters. The van der Waals surface area contributed by atoms with E-state index >= 15 is 0 Å². The van der Waals surface area contributed by atoms with Crippen LogP contribution >= 0.6 is 0 Å². The molecule has 2 N–H and O–H groups in total. The van der Waals surface area contributed by atoms with Crippen LogP contribution in [0, 0.1) is 0 Å². The molecule has 5 heteroatoms. The smallest absolute Gasteiger partial charge is 0.423 e. The lowest BCUT2D eigenvalue weighted by molar-refractivity contribution is 0.178. The van der Waals surface area contributed by atoms with E-state index in [0.29, 0.717) is 5.46 Å². The van der Waals surface area contributed by atoms with Crippen molar-refractivity contribution in [3.8, 4) is 0 Å². The minimum absolute atomic E-state index is 0.535. The second-order valence-electron chi connectivity index (χ2n) is 4.20. The van der Waals surface area contributed by atoms with E-state index in [1.165, 1.54) is 0 Å². The zero-order chi connectivity index (χ0) is 12.7. The number of nitrogens with zero attached hydrogens (tertiary/aromatic N) is 1. The van der Waals surface area contributed by atoms with Gasteiger partial charge in [0.25, 0.3) is 0 Å². The Morgan fingerprint density at radius 2 is 2.12 bits per heavy atom. The van der Waals surface area contributed by atoms with E-state index < -0.39 is 7.12 Å². The number of methoxy groups -OCH3 is 1. The van der Waals surface area contributed by atoms with Crippen LogP contribution in [0.15, 0.2) is 24.3 Å². The maximum absolute atomic E-state index is 9.08. The molecule has 1 aromatic carbocycles. The van der Waals surface area contributed by atoms with Gasteiger partial charge >= 0.3 is 7.12 Å². The molecule has 0 saturated carbocycles. The van der Waals surface area contributed by atoms with Crippen LogP contribution in [0.3, 0.4) is 0 Å². The van der Waals surface area contributed by atoms with Crippen LogP contribution in [-0.2, 0) is 11.3 Å². The summed E-state index contributed by atoms with van der Waals surface area (Å²) >= 11 is 0. The Labute approximate surface area is 103 Å². The standard InChI is InChI=1S/C12H20BNO3/c1-14(7-4-8-17-2)10-11-5-3-6-12(9-11)13(15)16/h3,5-6,9,15-16H,4,7-8,10H2,1-2H3. The topological polar surface area (TPSA) is 52.9 Å². The van der Waals surface area contributed by atoms with Crippen molar-refractivity contribution in [2.45, 2.75) is 13.0 Å². The minimum Gasteiger partial charge on any atom is -0.423 e. The van der Waals surface area contributed by atoms with E-state index in [4.69, 9.17) is 14.8 Å². The Bertz CT molecular complexity index is 333. The average molecular weight is 237 g/mol. The molecule has 0 bridgehead atoms. The van der Waals surface area contributed by atoms with Crippen molar-refractivity contribution in [3.05, 3.63) is 29.8 Å². The predicted molar refractivity (Wildman–Crippen MR) is 69.1 cm³/mol. The van der Waals surface area contributed by atoms with Crippen molar-refractivity contribution in [2.24, 2.45) is 0 Å². The normalized spacial score (nSPS) is 10.9. The van der Waals surface area contributed by atoms with Crippen LogP contribution in [0.25, 0.3) is 0 Å². The molecule has 0 saturated heterocycles. The van der Waals surface area contributed by atoms with Gasteiger partial charge in [-0.25, -0.2) is 0 Å². The third-order valence-electron chi connectivity index (χ3n) is 2.59. The van der Waals surface area contributed by atoms with E-state index in [1.807, 2.05) is 25.2 Å². The fourth-order valence-electron chi connectivity index (χ4n) is 1.72. The largest absolute Gasteiger partial charge is 0.488 e. The van der Waals surface area contributed by atoms with Gasteiger partial charge in [-0.1, -0.05) is 24.3 Å². The van der Waals surface area contributed by atoms with Gasteiger partial charge in [0.15, 0.2) is 0 Å². The average Bonchev–Trinajstić information content (AvgIpc) is 2.29. The predicted octanol–water partition coefficient (Wildman–Crippen LogP) is -0.165. The van der Waals surface area contributed by atoms with E-state index in [1.54, 1.807) is 13.2 Å². The molecular formula is C12H20BNO3. The fourth-order valence-corrected chi connectivity index (χ4v) is 1.72. The van der Waals surface area contributed by atoms with Gasteiger partial charge in [0.1, 0.15) is 0 Å². The van der Waals surface area contributed by atoms with Gasteiger partial charge in [0, 0.05) is 26.8 Å². The molecule has 0 aliphatic carbocycles. The highest BCUT2D eigenvalue weighted by molar-refractivity contribution is 6.58. The maximum Gasteiger partial charge on any atom is 0.488 e. The van der Waals surface area contributed by atoms with Gasteiger partial charge in [0.05, 0.1) is 0 Å². The van der Waals surface area contributed by atoms with Crippen LogP contribution in [-0.4, -0.2) is 49.4 Å². The van der Waals surface area contributed by atoms with Gasteiger partial charge in [-0.05, 0) is 24.5 Å². The molecule has 17 heavy (non-hydrogen) atoms. The Morgan fingerprint density at radius 1 is 1.35 bits per heavy atom. The molecule has 0 unspecified atom stereocenters. The molecule has 0 amide bonds. The van der Waals surface area contributed by atoms with Crippen molar-refractivity contribution >= 4 is 12.6 Å². The zero-order valence-electron chi connectivity index (χ0n) is 10.5. The lowest BCUT2D eigenvalue weighted by Crippen LogP contribution is -2.30. The van der Waals surface area contributed by atoms with Gasteiger partial charge in [0.2, 0.25) is 0 Å². The summed E-state index contributed by atoms with van der Waals surface area (Å²) in [5, 5.41) is 18.2. The molecule has 1 rings (SSSR count). The van der Waals surface area contributed by atoms with E-state index in [0.717, 1.165) is 31.7 Å². The molecule has 0 radical (unpaired) electrons. The first-order chi connectivity index (χ1) is 8.13. The maximum atomic E-state index is 9.08. The molecule has 1 aromatic rings. The minimum atomic E-state index is -1.39. The van der Waals surface area contributed by atoms with E-state index in [9.17, 15) is 0 Å². The highest BCUT2D eigenvalue weighted by Gasteiger charge is 2.11. The van der Waals surface area contributed by atoms with Crippen molar-refractivity contribution in [3.63, 3.8) is 0 Å². The summed E-state index contributed by atoms with van der Waals surface area (Å²) in [5.74, 6) is 0. The third kappa shape index (κ3) is 5.32. The first-order valence-electron chi connectivity index (χ1n) is 5.76. The highest BCUT2D eigenvalue weighted by Crippen LogP contribution is 2.02. The van der Waals surface area contributed by atoms with Gasteiger partial charge in [-0.2, -0.15) is 0 Å². The number of hydrogen-bond acceptors (Lipinski definition) is 4. The second kappa shape index (κ2) is 7.45. The number of ether oxygens (including phenoxy) is 1. The molecular weight excluding hydrogens is 217 g/mol. The molecule has 0 aliphatic rings. The van der Waals surface area contributed by atoms with Crippen molar-refractivity contribution in [2.75, 3.05) is 27.3 Å². The molecule has 4 nitrogen and oxygen atoms in total. The Hall–Kier alpha value is -0.875. The first kappa shape index (κ1) is 14.2. The van der Waals surface area contributed by atoms with Crippen molar-refractivity contribution in [1.82, 2.24) is 4.90 Å². The summed E-state index contributed by atoms with van der Waals surface area (Å²) in [5.41, 5.74) is 1.61. The third-order valence-corrected chi connectivity index (χ3v) is 2.59. The Morgan fingerprint density at radius 3 is 2.76 bits per heavy atom. The molecule has 0 aliphatic heterocycles. The van der Waals surface area contributed by atoms with Crippen molar-refractivity contribution < 1.29 is 14.8 Å². The summed E-state index contributed by atoms with van der Waals surface area (Å²) in [7, 11) is 2.35. The van der Waals surface area contributed by atoms with Crippen LogP contribution in [0.2, 0.25) is 0 Å². The summed E-state index contributed by atoms with van der Waals surface area (Å²) in [6.07, 6.45) is 0.995. The number of hydrogen-bond donors (Lipinski definition) is 2. The lowest BCUT2D eigenvalue weighted by atomic mass is 9.79.